The summed E-state index contributed by atoms with van der Waals surface area (Å²) < 4.78 is 28.5. The molecule has 366 valence electrons. The Morgan fingerprint density at radius 2 is 0.667 bits per heavy atom. The van der Waals surface area contributed by atoms with Gasteiger partial charge in [-0.2, -0.15) is 0 Å². The number of benzene rings is 5. The summed E-state index contributed by atoms with van der Waals surface area (Å²) in [6.45, 7) is 8.07. The van der Waals surface area contributed by atoms with Crippen LogP contribution in [0.25, 0.3) is 0 Å². The van der Waals surface area contributed by atoms with Crippen molar-refractivity contribution in [1.82, 2.24) is 4.90 Å². The second kappa shape index (κ2) is 28.6. The summed E-state index contributed by atoms with van der Waals surface area (Å²) in [6, 6.07) is 34.0. The highest BCUT2D eigenvalue weighted by Gasteiger charge is 2.23. The third-order valence-electron chi connectivity index (χ3n) is 12.3. The van der Waals surface area contributed by atoms with Crippen LogP contribution in [0.5, 0.6) is 28.7 Å². The minimum atomic E-state index is -0.540. The monoisotopic (exact) mass is 939 g/mol. The Hall–Kier alpha value is -6.62. The van der Waals surface area contributed by atoms with Gasteiger partial charge in [-0.3, -0.25) is 4.79 Å². The van der Waals surface area contributed by atoms with E-state index in [0.717, 1.165) is 42.9 Å². The summed E-state index contributed by atoms with van der Waals surface area (Å²) in [4.78, 5) is 56.0. The number of hydrogen-bond donors (Lipinski definition) is 0. The summed E-state index contributed by atoms with van der Waals surface area (Å²) in [7, 11) is 0. The molecule has 0 atom stereocenters. The third kappa shape index (κ3) is 17.4. The molecular formula is C58H70N2O9. The zero-order valence-electron chi connectivity index (χ0n) is 40.7. The number of hydrogen-bond acceptors (Lipinski definition) is 10. The van der Waals surface area contributed by atoms with E-state index < -0.39 is 17.9 Å². The highest BCUT2D eigenvalue weighted by Crippen LogP contribution is 2.25. The maximum Gasteiger partial charge on any atom is 0.343 e. The van der Waals surface area contributed by atoms with E-state index in [2.05, 4.69) is 18.7 Å². The molecule has 0 spiro atoms. The number of carbonyl (C=O) groups is 4. The van der Waals surface area contributed by atoms with Gasteiger partial charge in [0.2, 0.25) is 0 Å². The highest BCUT2D eigenvalue weighted by molar-refractivity contribution is 5.95. The second-order valence-electron chi connectivity index (χ2n) is 17.7. The molecule has 1 aliphatic rings. The van der Waals surface area contributed by atoms with Crippen LogP contribution in [0.3, 0.4) is 0 Å². The van der Waals surface area contributed by atoms with E-state index in [0.29, 0.717) is 78.9 Å². The van der Waals surface area contributed by atoms with Gasteiger partial charge in [-0.05, 0) is 134 Å². The Balaban J connectivity index is 0.859. The summed E-state index contributed by atoms with van der Waals surface area (Å²) in [5, 5.41) is 0. The molecule has 0 bridgehead atoms. The van der Waals surface area contributed by atoms with Crippen molar-refractivity contribution < 1.29 is 42.9 Å². The van der Waals surface area contributed by atoms with Crippen molar-refractivity contribution in [3.05, 3.63) is 144 Å². The average molecular weight is 939 g/mol. The van der Waals surface area contributed by atoms with E-state index in [9.17, 15) is 19.2 Å². The van der Waals surface area contributed by atoms with Crippen LogP contribution in [0.2, 0.25) is 0 Å². The fraction of sp³-hybridized carbons (Fsp3) is 0.414. The Morgan fingerprint density at radius 1 is 0.362 bits per heavy atom. The molecule has 0 saturated carbocycles. The molecule has 0 aliphatic carbocycles. The maximum atomic E-state index is 13.4. The first kappa shape index (κ1) is 51.8. The number of nitrogens with zero attached hydrogens (tertiary/aromatic N) is 2. The predicted molar refractivity (Wildman–Crippen MR) is 271 cm³/mol. The van der Waals surface area contributed by atoms with Gasteiger partial charge in [-0.1, -0.05) is 104 Å². The molecule has 5 aromatic rings. The van der Waals surface area contributed by atoms with E-state index in [1.165, 1.54) is 77.0 Å². The van der Waals surface area contributed by atoms with E-state index >= 15 is 0 Å². The Bertz CT molecular complexity index is 2300. The number of ether oxygens (including phenoxy) is 5. The van der Waals surface area contributed by atoms with Gasteiger partial charge >= 0.3 is 17.9 Å². The van der Waals surface area contributed by atoms with Gasteiger partial charge < -0.3 is 33.5 Å². The lowest BCUT2D eigenvalue weighted by Gasteiger charge is -2.36. The molecule has 11 heteroatoms. The molecule has 1 fully saturated rings. The van der Waals surface area contributed by atoms with Crippen LogP contribution in [0.1, 0.15) is 158 Å². The van der Waals surface area contributed by atoms with E-state index in [1.807, 2.05) is 17.0 Å². The topological polar surface area (TPSA) is 121 Å². The summed E-state index contributed by atoms with van der Waals surface area (Å²) in [6.07, 6.45) is 19.8. The standard InChI is InChI=1S/C58H70N2O9/c1-3-5-7-9-11-13-15-17-43-65-50-29-21-46(22-30-50)56(62)67-52-33-19-45(20-34-52)55(61)60-41-39-59(40-42-60)49-27-37-54(38-28-49)69-58(64)48-25-35-53(36-26-48)68-57(63)47-23-31-51(32-24-47)66-44-18-16-14-12-10-8-6-4-2/h19-38H,3-18,39-44H2,1-2H3. The number of amides is 1. The van der Waals surface area contributed by atoms with Crippen molar-refractivity contribution in [3.63, 3.8) is 0 Å². The predicted octanol–water partition coefficient (Wildman–Crippen LogP) is 13.3. The fourth-order valence-electron chi connectivity index (χ4n) is 8.12. The lowest BCUT2D eigenvalue weighted by molar-refractivity contribution is 0.0722. The Labute approximate surface area is 409 Å². The van der Waals surface area contributed by atoms with Crippen molar-refractivity contribution in [2.45, 2.75) is 117 Å². The van der Waals surface area contributed by atoms with Crippen LogP contribution in [0.4, 0.5) is 5.69 Å². The van der Waals surface area contributed by atoms with Gasteiger partial charge in [0.25, 0.3) is 5.91 Å². The molecule has 0 aromatic heterocycles. The lowest BCUT2D eigenvalue weighted by atomic mass is 10.1. The van der Waals surface area contributed by atoms with E-state index in [1.54, 1.807) is 109 Å². The van der Waals surface area contributed by atoms with Gasteiger partial charge in [0, 0.05) is 37.4 Å². The zero-order valence-corrected chi connectivity index (χ0v) is 40.7. The molecule has 1 amide bonds. The number of esters is 3. The number of anilines is 1. The molecule has 1 aliphatic heterocycles. The van der Waals surface area contributed by atoms with Gasteiger partial charge in [-0.15, -0.1) is 0 Å². The van der Waals surface area contributed by atoms with E-state index in [-0.39, 0.29) is 5.91 Å². The van der Waals surface area contributed by atoms with Gasteiger partial charge in [-0.25, -0.2) is 14.4 Å². The maximum absolute atomic E-state index is 13.4. The minimum Gasteiger partial charge on any atom is -0.494 e. The molecule has 1 heterocycles. The van der Waals surface area contributed by atoms with Crippen LogP contribution in [-0.2, 0) is 0 Å². The van der Waals surface area contributed by atoms with Crippen LogP contribution < -0.4 is 28.6 Å². The van der Waals surface area contributed by atoms with Gasteiger partial charge in [0.1, 0.15) is 28.7 Å². The highest BCUT2D eigenvalue weighted by atomic mass is 16.5. The number of rotatable bonds is 28. The van der Waals surface area contributed by atoms with E-state index in [4.69, 9.17) is 23.7 Å². The lowest BCUT2D eigenvalue weighted by Crippen LogP contribution is -2.48. The quantitative estimate of drug-likeness (QED) is 0.0272. The Morgan fingerprint density at radius 3 is 1.03 bits per heavy atom. The molecule has 69 heavy (non-hydrogen) atoms. The summed E-state index contributed by atoms with van der Waals surface area (Å²) in [5.41, 5.74) is 2.58. The molecule has 0 unspecified atom stereocenters. The fourth-order valence-corrected chi connectivity index (χ4v) is 8.12. The Kier molecular flexibility index (Phi) is 21.5. The molecule has 0 N–H and O–H groups in total. The normalized spacial score (nSPS) is 12.3. The minimum absolute atomic E-state index is 0.0941. The first-order chi connectivity index (χ1) is 33.8. The molecule has 0 radical (unpaired) electrons. The van der Waals surface area contributed by atoms with Crippen molar-refractivity contribution in [3.8, 4) is 28.7 Å². The van der Waals surface area contributed by atoms with Crippen molar-refractivity contribution in [2.75, 3.05) is 44.3 Å². The number of carbonyl (C=O) groups excluding carboxylic acids is 4. The third-order valence-corrected chi connectivity index (χ3v) is 12.3. The molecular weight excluding hydrogens is 869 g/mol. The number of piperazine rings is 1. The summed E-state index contributed by atoms with van der Waals surface area (Å²) in [5.74, 6) is 0.874. The second-order valence-corrected chi connectivity index (χ2v) is 17.7. The molecule has 5 aromatic carbocycles. The molecule has 1 saturated heterocycles. The average Bonchev–Trinajstić information content (AvgIpc) is 3.38. The summed E-state index contributed by atoms with van der Waals surface area (Å²) >= 11 is 0. The molecule has 11 nitrogen and oxygen atoms in total. The van der Waals surface area contributed by atoms with Crippen LogP contribution in [-0.4, -0.2) is 68.1 Å². The number of unbranched alkanes of at least 4 members (excludes halogenated alkanes) is 14. The van der Waals surface area contributed by atoms with Crippen LogP contribution in [0, 0.1) is 0 Å². The van der Waals surface area contributed by atoms with Gasteiger partial charge in [0.05, 0.1) is 29.9 Å². The molecule has 6 rings (SSSR count). The van der Waals surface area contributed by atoms with Crippen LogP contribution >= 0.6 is 0 Å². The van der Waals surface area contributed by atoms with Crippen molar-refractivity contribution in [1.29, 1.82) is 0 Å². The van der Waals surface area contributed by atoms with Gasteiger partial charge in [0.15, 0.2) is 0 Å². The first-order valence-corrected chi connectivity index (χ1v) is 25.3. The first-order valence-electron chi connectivity index (χ1n) is 25.3. The largest absolute Gasteiger partial charge is 0.494 e. The SMILES string of the molecule is CCCCCCCCCCOc1ccc(C(=O)Oc2ccc(C(=O)Oc3ccc(N4CCN(C(=O)c5ccc(OC(=O)c6ccc(OCCCCCCCCCC)cc6)cc5)CC4)cc3)cc2)cc1. The van der Waals surface area contributed by atoms with Crippen molar-refractivity contribution >= 4 is 29.5 Å². The van der Waals surface area contributed by atoms with Crippen molar-refractivity contribution in [2.24, 2.45) is 0 Å². The van der Waals surface area contributed by atoms with Crippen LogP contribution in [0.15, 0.2) is 121 Å². The zero-order chi connectivity index (χ0) is 48.5. The smallest absolute Gasteiger partial charge is 0.343 e.